The van der Waals surface area contributed by atoms with Gasteiger partial charge in [0, 0.05) is 17.0 Å². The van der Waals surface area contributed by atoms with Gasteiger partial charge in [0.25, 0.3) is 0 Å². The molecule has 0 radical (unpaired) electrons. The molecule has 1 aromatic carbocycles. The fraction of sp³-hybridized carbons (Fsp3) is 0.471. The molecule has 2 aromatic rings. The van der Waals surface area contributed by atoms with Gasteiger partial charge in [-0.3, -0.25) is 4.79 Å². The Labute approximate surface area is 136 Å². The number of sulfone groups is 1. The molecule has 1 amide bonds. The van der Waals surface area contributed by atoms with Crippen LogP contribution in [0, 0.1) is 13.8 Å². The van der Waals surface area contributed by atoms with E-state index in [1.165, 1.54) is 0 Å². The summed E-state index contributed by atoms with van der Waals surface area (Å²) in [6.45, 7) is 4.04. The number of amides is 1. The van der Waals surface area contributed by atoms with Crippen molar-refractivity contribution in [2.24, 2.45) is 0 Å². The number of aryl methyl sites for hydroxylation is 2. The van der Waals surface area contributed by atoms with Gasteiger partial charge in [-0.25, -0.2) is 8.42 Å². The van der Waals surface area contributed by atoms with Gasteiger partial charge < -0.3 is 9.73 Å². The summed E-state index contributed by atoms with van der Waals surface area (Å²) >= 11 is 0. The summed E-state index contributed by atoms with van der Waals surface area (Å²) < 4.78 is 28.5. The number of carbonyl (C=O) groups is 1. The summed E-state index contributed by atoms with van der Waals surface area (Å²) in [5.41, 5.74) is 3.94. The number of fused-ring (bicyclic) bond motifs is 1. The normalized spacial score (nSPS) is 18.2. The van der Waals surface area contributed by atoms with Gasteiger partial charge in [0.15, 0.2) is 0 Å². The second kappa shape index (κ2) is 6.00. The Morgan fingerprint density at radius 2 is 1.96 bits per heavy atom. The minimum atomic E-state index is -2.91. The van der Waals surface area contributed by atoms with Crippen LogP contribution in [0.3, 0.4) is 0 Å². The summed E-state index contributed by atoms with van der Waals surface area (Å²) in [6, 6.07) is 3.96. The first-order chi connectivity index (χ1) is 10.9. The highest BCUT2D eigenvalue weighted by Gasteiger charge is 2.25. The molecule has 124 valence electrons. The quantitative estimate of drug-likeness (QED) is 0.933. The maximum absolute atomic E-state index is 12.2. The molecule has 0 aliphatic carbocycles. The topological polar surface area (TPSA) is 76.4 Å². The third-order valence-corrected chi connectivity index (χ3v) is 6.33. The molecule has 1 aliphatic rings. The second-order valence-electron chi connectivity index (χ2n) is 6.32. The van der Waals surface area contributed by atoms with E-state index in [-0.39, 0.29) is 29.9 Å². The van der Waals surface area contributed by atoms with Crippen LogP contribution in [0.2, 0.25) is 0 Å². The summed E-state index contributed by atoms with van der Waals surface area (Å²) in [4.78, 5) is 12.2. The predicted octanol–water partition coefficient (Wildman–Crippen LogP) is 2.29. The lowest BCUT2D eigenvalue weighted by Crippen LogP contribution is -2.41. The maximum Gasteiger partial charge on any atom is 0.224 e. The number of hydrogen-bond acceptors (Lipinski definition) is 4. The first-order valence-electron chi connectivity index (χ1n) is 7.82. The van der Waals surface area contributed by atoms with E-state index in [9.17, 15) is 13.2 Å². The fourth-order valence-electron chi connectivity index (χ4n) is 3.01. The van der Waals surface area contributed by atoms with Gasteiger partial charge in [-0.05, 0) is 37.8 Å². The molecule has 1 aliphatic heterocycles. The van der Waals surface area contributed by atoms with Gasteiger partial charge >= 0.3 is 0 Å². The summed E-state index contributed by atoms with van der Waals surface area (Å²) in [5.74, 6) is 0.228. The number of nitrogens with one attached hydrogen (secondary N) is 1. The van der Waals surface area contributed by atoms with E-state index in [4.69, 9.17) is 4.42 Å². The van der Waals surface area contributed by atoms with Crippen molar-refractivity contribution in [2.45, 2.75) is 39.2 Å². The Hall–Kier alpha value is -1.82. The molecule has 5 nitrogen and oxygen atoms in total. The van der Waals surface area contributed by atoms with Crippen molar-refractivity contribution in [3.63, 3.8) is 0 Å². The molecule has 1 fully saturated rings. The van der Waals surface area contributed by atoms with Crippen LogP contribution >= 0.6 is 0 Å². The van der Waals surface area contributed by atoms with Crippen LogP contribution in [0.25, 0.3) is 11.0 Å². The fourth-order valence-corrected chi connectivity index (χ4v) is 4.50. The number of benzene rings is 1. The molecular formula is C17H21NO4S. The van der Waals surface area contributed by atoms with Crippen molar-refractivity contribution in [3.05, 3.63) is 35.1 Å². The molecule has 0 spiro atoms. The number of hydrogen-bond donors (Lipinski definition) is 1. The SMILES string of the molecule is Cc1ccc2c(CC(=O)NC3CCS(=O)(=O)CC3)coc2c1C. The minimum Gasteiger partial charge on any atom is -0.464 e. The molecule has 0 bridgehead atoms. The molecule has 6 heteroatoms. The standard InChI is InChI=1S/C17H21NO4S/c1-11-3-4-15-13(10-22-17(15)12(11)2)9-16(19)18-14-5-7-23(20,21)8-6-14/h3-4,10,14H,5-9H2,1-2H3,(H,18,19). The molecule has 1 saturated heterocycles. The second-order valence-corrected chi connectivity index (χ2v) is 8.62. The molecule has 3 rings (SSSR count). The van der Waals surface area contributed by atoms with Crippen LogP contribution in [0.5, 0.6) is 0 Å². The van der Waals surface area contributed by atoms with Gasteiger partial charge in [-0.15, -0.1) is 0 Å². The number of carbonyl (C=O) groups excluding carboxylic acids is 1. The average molecular weight is 335 g/mol. The Kier molecular flexibility index (Phi) is 4.19. The molecule has 1 aromatic heterocycles. The van der Waals surface area contributed by atoms with Gasteiger partial charge in [-0.2, -0.15) is 0 Å². The lowest BCUT2D eigenvalue weighted by molar-refractivity contribution is -0.121. The molecule has 0 saturated carbocycles. The minimum absolute atomic E-state index is 0.0480. The van der Waals surface area contributed by atoms with Crippen LogP contribution in [-0.2, 0) is 21.1 Å². The Morgan fingerprint density at radius 1 is 1.26 bits per heavy atom. The zero-order chi connectivity index (χ0) is 16.6. The van der Waals surface area contributed by atoms with E-state index < -0.39 is 9.84 Å². The van der Waals surface area contributed by atoms with Gasteiger partial charge in [0.2, 0.25) is 5.91 Å². The summed E-state index contributed by atoms with van der Waals surface area (Å²) in [5, 5.41) is 3.91. The van der Waals surface area contributed by atoms with Crippen molar-refractivity contribution in [2.75, 3.05) is 11.5 Å². The lowest BCUT2D eigenvalue weighted by Gasteiger charge is -2.22. The third-order valence-electron chi connectivity index (χ3n) is 4.61. The first-order valence-corrected chi connectivity index (χ1v) is 9.64. The molecule has 23 heavy (non-hydrogen) atoms. The van der Waals surface area contributed by atoms with Crippen molar-refractivity contribution >= 4 is 26.7 Å². The lowest BCUT2D eigenvalue weighted by atomic mass is 10.0. The maximum atomic E-state index is 12.2. The van der Waals surface area contributed by atoms with E-state index >= 15 is 0 Å². The first kappa shape index (κ1) is 16.1. The van der Waals surface area contributed by atoms with Gasteiger partial charge in [-0.1, -0.05) is 12.1 Å². The zero-order valence-electron chi connectivity index (χ0n) is 13.4. The summed E-state index contributed by atoms with van der Waals surface area (Å²) in [7, 11) is -2.91. The summed E-state index contributed by atoms with van der Waals surface area (Å²) in [6.07, 6.45) is 2.89. The largest absolute Gasteiger partial charge is 0.464 e. The zero-order valence-corrected chi connectivity index (χ0v) is 14.2. The Morgan fingerprint density at radius 3 is 2.65 bits per heavy atom. The van der Waals surface area contributed by atoms with Crippen molar-refractivity contribution in [1.82, 2.24) is 5.32 Å². The molecule has 1 N–H and O–H groups in total. The highest BCUT2D eigenvalue weighted by Crippen LogP contribution is 2.26. The van der Waals surface area contributed by atoms with Crippen LogP contribution < -0.4 is 5.32 Å². The molecule has 2 heterocycles. The van der Waals surface area contributed by atoms with E-state index in [0.717, 1.165) is 27.7 Å². The Bertz CT molecular complexity index is 837. The number of rotatable bonds is 3. The van der Waals surface area contributed by atoms with E-state index in [2.05, 4.69) is 5.32 Å². The predicted molar refractivity (Wildman–Crippen MR) is 89.2 cm³/mol. The van der Waals surface area contributed by atoms with E-state index in [0.29, 0.717) is 12.8 Å². The average Bonchev–Trinajstić information content (AvgIpc) is 2.89. The van der Waals surface area contributed by atoms with E-state index in [1.54, 1.807) is 6.26 Å². The van der Waals surface area contributed by atoms with Crippen molar-refractivity contribution in [3.8, 4) is 0 Å². The van der Waals surface area contributed by atoms with E-state index in [1.807, 2.05) is 26.0 Å². The Balaban J connectivity index is 1.68. The van der Waals surface area contributed by atoms with Gasteiger partial charge in [0.05, 0.1) is 24.2 Å². The molecule has 0 atom stereocenters. The van der Waals surface area contributed by atoms with Crippen LogP contribution in [0.4, 0.5) is 0 Å². The number of furan rings is 1. The van der Waals surface area contributed by atoms with Crippen LogP contribution in [-0.4, -0.2) is 31.9 Å². The highest BCUT2D eigenvalue weighted by atomic mass is 32.2. The highest BCUT2D eigenvalue weighted by molar-refractivity contribution is 7.91. The van der Waals surface area contributed by atoms with Crippen molar-refractivity contribution < 1.29 is 17.6 Å². The van der Waals surface area contributed by atoms with Crippen molar-refractivity contribution in [1.29, 1.82) is 0 Å². The monoisotopic (exact) mass is 335 g/mol. The molecular weight excluding hydrogens is 314 g/mol. The third kappa shape index (κ3) is 3.42. The van der Waals surface area contributed by atoms with Crippen LogP contribution in [0.1, 0.15) is 29.5 Å². The van der Waals surface area contributed by atoms with Crippen LogP contribution in [0.15, 0.2) is 22.8 Å². The smallest absolute Gasteiger partial charge is 0.224 e. The molecule has 0 unspecified atom stereocenters. The van der Waals surface area contributed by atoms with Gasteiger partial charge in [0.1, 0.15) is 15.4 Å².